The summed E-state index contributed by atoms with van der Waals surface area (Å²) < 4.78 is 5.93. The highest BCUT2D eigenvalue weighted by atomic mass is 16.5. The molecule has 19 heavy (non-hydrogen) atoms. The van der Waals surface area contributed by atoms with Gasteiger partial charge in [-0.1, -0.05) is 49.4 Å². The minimum absolute atomic E-state index is 0.229. The first-order valence-electron chi connectivity index (χ1n) is 6.80. The third kappa shape index (κ3) is 3.83. The summed E-state index contributed by atoms with van der Waals surface area (Å²) in [7, 11) is 1.95. The van der Waals surface area contributed by atoms with Crippen molar-refractivity contribution >= 4 is 0 Å². The number of nitrogens with one attached hydrogen (secondary N) is 1. The van der Waals surface area contributed by atoms with E-state index in [1.54, 1.807) is 0 Å². The topological polar surface area (TPSA) is 21.3 Å². The quantitative estimate of drug-likeness (QED) is 0.849. The average molecular weight is 255 g/mol. The molecule has 1 unspecified atom stereocenters. The third-order valence-electron chi connectivity index (χ3n) is 3.15. The molecule has 2 nitrogen and oxygen atoms in total. The van der Waals surface area contributed by atoms with Gasteiger partial charge in [-0.2, -0.15) is 0 Å². The predicted octanol–water partition coefficient (Wildman–Crippen LogP) is 3.73. The Labute approximate surface area is 115 Å². The van der Waals surface area contributed by atoms with Crippen LogP contribution >= 0.6 is 0 Å². The minimum atomic E-state index is 0.229. The van der Waals surface area contributed by atoms with Crippen LogP contribution in [0, 0.1) is 0 Å². The molecule has 2 aromatic rings. The first-order valence-corrected chi connectivity index (χ1v) is 6.80. The number of rotatable bonds is 6. The van der Waals surface area contributed by atoms with Gasteiger partial charge in [0.2, 0.25) is 0 Å². The Hall–Kier alpha value is -1.80. The summed E-state index contributed by atoms with van der Waals surface area (Å²) in [6.45, 7) is 3.01. The normalized spacial score (nSPS) is 12.1. The lowest BCUT2D eigenvalue weighted by Gasteiger charge is -2.17. The summed E-state index contributed by atoms with van der Waals surface area (Å²) in [5.74, 6) is 0.932. The van der Waals surface area contributed by atoms with Gasteiger partial charge in [-0.3, -0.25) is 0 Å². The van der Waals surface area contributed by atoms with Crippen LogP contribution in [0.2, 0.25) is 0 Å². The predicted molar refractivity (Wildman–Crippen MR) is 80.5 cm³/mol. The van der Waals surface area contributed by atoms with E-state index in [-0.39, 0.29) is 6.10 Å². The summed E-state index contributed by atoms with van der Waals surface area (Å²) in [4.78, 5) is 0. The molecule has 0 aliphatic heterocycles. The maximum atomic E-state index is 5.93. The summed E-state index contributed by atoms with van der Waals surface area (Å²) in [6.07, 6.45) is 1.23. The Bertz CT molecular complexity index is 478. The van der Waals surface area contributed by atoms with Crippen molar-refractivity contribution in [3.63, 3.8) is 0 Å². The highest BCUT2D eigenvalue weighted by Gasteiger charge is 2.06. The third-order valence-corrected chi connectivity index (χ3v) is 3.15. The molecule has 0 aromatic heterocycles. The zero-order valence-electron chi connectivity index (χ0n) is 11.6. The second-order valence-electron chi connectivity index (χ2n) is 4.60. The van der Waals surface area contributed by atoms with Gasteiger partial charge in [-0.05, 0) is 36.7 Å². The van der Waals surface area contributed by atoms with Crippen LogP contribution in [-0.2, 0) is 0 Å². The fourth-order valence-corrected chi connectivity index (χ4v) is 2.05. The maximum absolute atomic E-state index is 5.93. The van der Waals surface area contributed by atoms with Crippen LogP contribution in [0.15, 0.2) is 54.6 Å². The van der Waals surface area contributed by atoms with Crippen LogP contribution in [0.1, 0.15) is 13.3 Å². The molecule has 0 bridgehead atoms. The van der Waals surface area contributed by atoms with E-state index in [9.17, 15) is 0 Å². The maximum Gasteiger partial charge on any atom is 0.119 e. The Morgan fingerprint density at radius 2 is 1.58 bits per heavy atom. The van der Waals surface area contributed by atoms with Crippen LogP contribution in [0.5, 0.6) is 5.75 Å². The second-order valence-corrected chi connectivity index (χ2v) is 4.60. The summed E-state index contributed by atoms with van der Waals surface area (Å²) in [5, 5.41) is 3.15. The van der Waals surface area contributed by atoms with E-state index in [1.807, 2.05) is 25.2 Å². The number of hydrogen-bond donors (Lipinski definition) is 1. The summed E-state index contributed by atoms with van der Waals surface area (Å²) >= 11 is 0. The molecule has 100 valence electrons. The highest BCUT2D eigenvalue weighted by Crippen LogP contribution is 2.22. The van der Waals surface area contributed by atoms with Gasteiger partial charge in [0.1, 0.15) is 11.9 Å². The molecule has 0 heterocycles. The van der Waals surface area contributed by atoms with E-state index in [0.717, 1.165) is 18.7 Å². The molecule has 0 aliphatic carbocycles. The molecule has 0 fully saturated rings. The van der Waals surface area contributed by atoms with Crippen molar-refractivity contribution in [3.05, 3.63) is 54.6 Å². The molecule has 0 amide bonds. The van der Waals surface area contributed by atoms with Gasteiger partial charge in [-0.15, -0.1) is 0 Å². The zero-order valence-corrected chi connectivity index (χ0v) is 11.6. The van der Waals surface area contributed by atoms with Crippen LogP contribution in [0.4, 0.5) is 0 Å². The molecule has 0 aliphatic rings. The van der Waals surface area contributed by atoms with Crippen molar-refractivity contribution in [2.45, 2.75) is 19.4 Å². The monoisotopic (exact) mass is 255 g/mol. The number of benzene rings is 2. The number of likely N-dealkylation sites (N-methyl/N-ethyl adjacent to an activating group) is 1. The molecule has 1 N–H and O–H groups in total. The molecule has 2 heteroatoms. The lowest BCUT2D eigenvalue weighted by molar-refractivity contribution is 0.196. The molecule has 0 saturated heterocycles. The van der Waals surface area contributed by atoms with Crippen molar-refractivity contribution in [3.8, 4) is 16.9 Å². The Balaban J connectivity index is 2.06. The van der Waals surface area contributed by atoms with Crippen molar-refractivity contribution in [2.24, 2.45) is 0 Å². The lowest BCUT2D eigenvalue weighted by Crippen LogP contribution is -2.28. The highest BCUT2D eigenvalue weighted by molar-refractivity contribution is 5.63. The molecule has 2 rings (SSSR count). The second kappa shape index (κ2) is 6.95. The Morgan fingerprint density at radius 3 is 2.16 bits per heavy atom. The van der Waals surface area contributed by atoms with E-state index in [0.29, 0.717) is 0 Å². The lowest BCUT2D eigenvalue weighted by atomic mass is 10.1. The van der Waals surface area contributed by atoms with Crippen molar-refractivity contribution in [1.29, 1.82) is 0 Å². The number of ether oxygens (including phenoxy) is 1. The minimum Gasteiger partial charge on any atom is -0.489 e. The Kier molecular flexibility index (Phi) is 4.99. The van der Waals surface area contributed by atoms with Crippen LogP contribution < -0.4 is 10.1 Å². The van der Waals surface area contributed by atoms with E-state index < -0.39 is 0 Å². The van der Waals surface area contributed by atoms with Crippen molar-refractivity contribution in [1.82, 2.24) is 5.32 Å². The van der Waals surface area contributed by atoms with Gasteiger partial charge in [-0.25, -0.2) is 0 Å². The largest absolute Gasteiger partial charge is 0.489 e. The Morgan fingerprint density at radius 1 is 0.947 bits per heavy atom. The molecule has 1 atom stereocenters. The fourth-order valence-electron chi connectivity index (χ4n) is 2.05. The van der Waals surface area contributed by atoms with Crippen LogP contribution in [0.3, 0.4) is 0 Å². The van der Waals surface area contributed by atoms with Crippen LogP contribution in [0.25, 0.3) is 11.1 Å². The molecular formula is C17H21NO. The van der Waals surface area contributed by atoms with E-state index >= 15 is 0 Å². The number of hydrogen-bond acceptors (Lipinski definition) is 2. The smallest absolute Gasteiger partial charge is 0.119 e. The standard InChI is InChI=1S/C17H21NO/c1-3-16(13-18-2)19-17-11-9-15(10-12-17)14-7-5-4-6-8-14/h4-12,16,18H,3,13H2,1-2H3. The van der Waals surface area contributed by atoms with Gasteiger partial charge < -0.3 is 10.1 Å². The van der Waals surface area contributed by atoms with E-state index in [4.69, 9.17) is 4.74 Å². The van der Waals surface area contributed by atoms with Crippen molar-refractivity contribution in [2.75, 3.05) is 13.6 Å². The molecular weight excluding hydrogens is 234 g/mol. The van der Waals surface area contributed by atoms with Crippen LogP contribution in [-0.4, -0.2) is 19.7 Å². The van der Waals surface area contributed by atoms with Crippen molar-refractivity contribution < 1.29 is 4.74 Å². The molecule has 0 radical (unpaired) electrons. The first kappa shape index (κ1) is 13.6. The van der Waals surface area contributed by atoms with Gasteiger partial charge >= 0.3 is 0 Å². The van der Waals surface area contributed by atoms with Gasteiger partial charge in [0.15, 0.2) is 0 Å². The van der Waals surface area contributed by atoms with Gasteiger partial charge in [0, 0.05) is 6.54 Å². The SMILES string of the molecule is CCC(CNC)Oc1ccc(-c2ccccc2)cc1. The summed E-state index contributed by atoms with van der Waals surface area (Å²) in [5.41, 5.74) is 2.45. The molecule has 2 aromatic carbocycles. The molecule has 0 saturated carbocycles. The average Bonchev–Trinajstić information content (AvgIpc) is 2.48. The zero-order chi connectivity index (χ0) is 13.5. The van der Waals surface area contributed by atoms with E-state index in [1.165, 1.54) is 11.1 Å². The first-order chi connectivity index (χ1) is 9.33. The fraction of sp³-hybridized carbons (Fsp3) is 0.294. The van der Waals surface area contributed by atoms with Gasteiger partial charge in [0.25, 0.3) is 0 Å². The molecule has 0 spiro atoms. The van der Waals surface area contributed by atoms with E-state index in [2.05, 4.69) is 48.6 Å². The summed E-state index contributed by atoms with van der Waals surface area (Å²) in [6, 6.07) is 18.7. The van der Waals surface area contributed by atoms with Gasteiger partial charge in [0.05, 0.1) is 0 Å².